The first-order chi connectivity index (χ1) is 17.1. The van der Waals surface area contributed by atoms with Crippen LogP contribution in [-0.2, 0) is 27.7 Å². The lowest BCUT2D eigenvalue weighted by Gasteiger charge is -2.34. The number of benzene rings is 2. The lowest BCUT2D eigenvalue weighted by molar-refractivity contribution is -0.384. The zero-order valence-corrected chi connectivity index (χ0v) is 20.9. The van der Waals surface area contributed by atoms with Crippen molar-refractivity contribution in [2.45, 2.75) is 62.9 Å². The van der Waals surface area contributed by atoms with Gasteiger partial charge in [-0.25, -0.2) is 17.6 Å². The van der Waals surface area contributed by atoms with Gasteiger partial charge in [0.2, 0.25) is 10.0 Å². The molecule has 1 aromatic heterocycles. The van der Waals surface area contributed by atoms with E-state index in [1.165, 1.54) is 40.7 Å². The molecule has 0 radical (unpaired) electrons. The Morgan fingerprint density at radius 2 is 1.94 bits per heavy atom. The number of carboxylic acids is 1. The van der Waals surface area contributed by atoms with Crippen molar-refractivity contribution >= 4 is 32.6 Å². The molecular weight excluding hydrogens is 489 g/mol. The average Bonchev–Trinajstić information content (AvgIpc) is 3.15. The summed E-state index contributed by atoms with van der Waals surface area (Å²) >= 11 is 0. The number of carboxylic acid groups (broad SMARTS) is 1. The predicted molar refractivity (Wildman–Crippen MR) is 132 cm³/mol. The zero-order chi connectivity index (χ0) is 26.2. The fourth-order valence-electron chi connectivity index (χ4n) is 5.21. The molecule has 0 spiro atoms. The largest absolute Gasteiger partial charge is 0.480 e. The highest BCUT2D eigenvalue weighted by molar-refractivity contribution is 7.89. The molecule has 1 aliphatic rings. The van der Waals surface area contributed by atoms with Gasteiger partial charge in [-0.2, -0.15) is 4.31 Å². The monoisotopic (exact) mass is 517 g/mol. The number of nitro benzene ring substituents is 1. The molecule has 2 aromatic carbocycles. The molecule has 1 heterocycles. The van der Waals surface area contributed by atoms with Crippen molar-refractivity contribution in [3.63, 3.8) is 0 Å². The van der Waals surface area contributed by atoms with Gasteiger partial charge < -0.3 is 9.67 Å². The van der Waals surface area contributed by atoms with E-state index < -0.39 is 38.8 Å². The fourth-order valence-corrected chi connectivity index (χ4v) is 6.96. The van der Waals surface area contributed by atoms with E-state index in [4.69, 9.17) is 0 Å². The van der Waals surface area contributed by atoms with Crippen LogP contribution in [0, 0.1) is 15.9 Å². The van der Waals surface area contributed by atoms with E-state index in [0.29, 0.717) is 43.0 Å². The molecule has 11 heteroatoms. The number of sulfonamides is 1. The molecular formula is C25H28FN3O6S. The zero-order valence-electron chi connectivity index (χ0n) is 20.1. The van der Waals surface area contributed by atoms with Gasteiger partial charge in [0.1, 0.15) is 11.9 Å². The Morgan fingerprint density at radius 3 is 2.53 bits per heavy atom. The molecule has 0 saturated carbocycles. The van der Waals surface area contributed by atoms with Gasteiger partial charge in [-0.1, -0.05) is 13.8 Å². The smallest absolute Gasteiger partial charge is 0.326 e. The Morgan fingerprint density at radius 1 is 1.25 bits per heavy atom. The second kappa shape index (κ2) is 9.98. The van der Waals surface area contributed by atoms with Crippen LogP contribution in [0.3, 0.4) is 0 Å². The summed E-state index contributed by atoms with van der Waals surface area (Å²) in [6.45, 7) is 3.90. The summed E-state index contributed by atoms with van der Waals surface area (Å²) in [6, 6.07) is 7.86. The number of hydrogen-bond donors (Lipinski definition) is 1. The van der Waals surface area contributed by atoms with Crippen molar-refractivity contribution in [3.8, 4) is 0 Å². The van der Waals surface area contributed by atoms with Crippen molar-refractivity contribution in [2.24, 2.45) is 0 Å². The third kappa shape index (κ3) is 4.48. The lowest BCUT2D eigenvalue weighted by atomic mass is 9.91. The van der Waals surface area contributed by atoms with Crippen LogP contribution in [0.4, 0.5) is 10.1 Å². The molecule has 0 aliphatic heterocycles. The van der Waals surface area contributed by atoms with Gasteiger partial charge in [-0.15, -0.1) is 0 Å². The molecule has 0 saturated heterocycles. The minimum absolute atomic E-state index is 0.0299. The van der Waals surface area contributed by atoms with Crippen molar-refractivity contribution in [2.75, 3.05) is 6.54 Å². The number of carbonyl (C=O) groups is 1. The minimum atomic E-state index is -3.96. The van der Waals surface area contributed by atoms with E-state index in [-0.39, 0.29) is 17.1 Å². The Labute approximate surface area is 208 Å². The van der Waals surface area contributed by atoms with Gasteiger partial charge in [-0.3, -0.25) is 10.1 Å². The molecule has 1 N–H and O–H groups in total. The second-order valence-corrected chi connectivity index (χ2v) is 10.9. The number of fused-ring (bicyclic) bond motifs is 3. The van der Waals surface area contributed by atoms with E-state index >= 15 is 0 Å². The lowest BCUT2D eigenvalue weighted by Crippen LogP contribution is -2.44. The summed E-state index contributed by atoms with van der Waals surface area (Å²) in [6.07, 6.45) is 2.13. The number of nitro groups is 1. The number of aromatic nitrogens is 1. The molecule has 0 amide bonds. The van der Waals surface area contributed by atoms with Gasteiger partial charge in [0.05, 0.1) is 9.82 Å². The number of hydrogen-bond acceptors (Lipinski definition) is 5. The highest BCUT2D eigenvalue weighted by Gasteiger charge is 2.37. The first kappa shape index (κ1) is 25.8. The maximum Gasteiger partial charge on any atom is 0.326 e. The van der Waals surface area contributed by atoms with Crippen molar-refractivity contribution in [1.82, 2.24) is 8.87 Å². The van der Waals surface area contributed by atoms with Gasteiger partial charge in [0.25, 0.3) is 5.69 Å². The van der Waals surface area contributed by atoms with Gasteiger partial charge in [0, 0.05) is 41.3 Å². The summed E-state index contributed by atoms with van der Waals surface area (Å²) in [5, 5.41) is 21.4. The van der Waals surface area contributed by atoms with E-state index in [9.17, 15) is 32.8 Å². The van der Waals surface area contributed by atoms with Crippen LogP contribution < -0.4 is 0 Å². The third-order valence-electron chi connectivity index (χ3n) is 6.83. The third-order valence-corrected chi connectivity index (χ3v) is 8.79. The molecule has 192 valence electrons. The number of rotatable bonds is 9. The minimum Gasteiger partial charge on any atom is -0.480 e. The quantitative estimate of drug-likeness (QED) is 0.325. The summed E-state index contributed by atoms with van der Waals surface area (Å²) in [5.74, 6) is -1.42. The highest BCUT2D eigenvalue weighted by atomic mass is 32.2. The van der Waals surface area contributed by atoms with Crippen LogP contribution in [-0.4, -0.2) is 45.9 Å². The number of aliphatic carboxylic acids is 1. The van der Waals surface area contributed by atoms with Gasteiger partial charge in [0.15, 0.2) is 0 Å². The van der Waals surface area contributed by atoms with Crippen LogP contribution in [0.15, 0.2) is 47.4 Å². The van der Waals surface area contributed by atoms with Gasteiger partial charge in [-0.05, 0) is 68.0 Å². The number of non-ortho nitro benzene ring substituents is 1. The molecule has 3 aromatic rings. The molecule has 0 fully saturated rings. The Balaban J connectivity index is 1.78. The average molecular weight is 518 g/mol. The number of halogens is 1. The van der Waals surface area contributed by atoms with E-state index in [2.05, 4.69) is 0 Å². The molecule has 36 heavy (non-hydrogen) atoms. The van der Waals surface area contributed by atoms with Crippen LogP contribution in [0.25, 0.3) is 10.9 Å². The Kier molecular flexibility index (Phi) is 7.14. The molecule has 2 atom stereocenters. The highest BCUT2D eigenvalue weighted by Crippen LogP contribution is 2.38. The normalized spacial score (nSPS) is 16.7. The molecule has 0 bridgehead atoms. The Bertz CT molecular complexity index is 1420. The van der Waals surface area contributed by atoms with Crippen molar-refractivity contribution < 1.29 is 27.6 Å². The second-order valence-electron chi connectivity index (χ2n) is 8.98. The number of nitrogens with zero attached hydrogens (tertiary/aromatic N) is 3. The predicted octanol–water partition coefficient (Wildman–Crippen LogP) is 4.68. The van der Waals surface area contributed by atoms with Crippen LogP contribution in [0.2, 0.25) is 0 Å². The molecule has 2 unspecified atom stereocenters. The Hall–Kier alpha value is -3.31. The van der Waals surface area contributed by atoms with Crippen LogP contribution >= 0.6 is 0 Å². The first-order valence-electron chi connectivity index (χ1n) is 11.9. The van der Waals surface area contributed by atoms with E-state index in [1.807, 2.05) is 6.92 Å². The standard InChI is InChI=1S/C25H28FN3O6S/c1-3-13-27(36(34,35)19-9-6-17(7-10-19)29(32)33)18-8-12-24-21(15-18)20-14-16(26)5-11-23(20)28(24)22(4-2)25(30)31/h5-7,9-11,14,18,22H,3-4,8,12-13,15H2,1-2H3,(H,30,31). The van der Waals surface area contributed by atoms with Crippen LogP contribution in [0.5, 0.6) is 0 Å². The molecule has 9 nitrogen and oxygen atoms in total. The maximum absolute atomic E-state index is 14.3. The fraction of sp³-hybridized carbons (Fsp3) is 0.400. The maximum atomic E-state index is 14.3. The van der Waals surface area contributed by atoms with E-state index in [1.54, 1.807) is 17.6 Å². The molecule has 1 aliphatic carbocycles. The summed E-state index contributed by atoms with van der Waals surface area (Å²) in [4.78, 5) is 22.4. The van der Waals surface area contributed by atoms with Crippen molar-refractivity contribution in [3.05, 3.63) is 69.7 Å². The summed E-state index contributed by atoms with van der Waals surface area (Å²) in [7, 11) is -3.96. The summed E-state index contributed by atoms with van der Waals surface area (Å²) < 4.78 is 44.6. The van der Waals surface area contributed by atoms with Crippen molar-refractivity contribution in [1.29, 1.82) is 0 Å². The SMILES string of the molecule is CCCN(C1CCc2c(c3cc(F)ccc3n2C(CC)C(=O)O)C1)S(=O)(=O)c1ccc([N+](=O)[O-])cc1. The van der Waals surface area contributed by atoms with E-state index in [0.717, 1.165) is 11.3 Å². The van der Waals surface area contributed by atoms with Gasteiger partial charge >= 0.3 is 5.97 Å². The topological polar surface area (TPSA) is 123 Å². The first-order valence-corrected chi connectivity index (χ1v) is 13.3. The molecule has 4 rings (SSSR count). The van der Waals surface area contributed by atoms with Crippen LogP contribution in [0.1, 0.15) is 50.4 Å². The summed E-state index contributed by atoms with van der Waals surface area (Å²) in [5.41, 5.74) is 1.99.